The minimum absolute atomic E-state index is 0.0948. The van der Waals surface area contributed by atoms with Gasteiger partial charge in [-0.15, -0.1) is 0 Å². The SMILES string of the molecule is C[C@@H](COc1ccnc2c1[C@H](C)CCC2)C[C@H]1Cc2ccc(OCCCC(=O)N(C)CCc3cccc(OCCN4CCCOC4)c3)cc2[C@]12CC[C@@](Nc1cccc(Cl)c1)(C(=O)O)CC2. The molecule has 0 unspecified atom stereocenters. The first kappa shape index (κ1) is 47.6. The third-order valence-corrected chi connectivity index (χ3v) is 15.1. The van der Waals surface area contributed by atoms with E-state index >= 15 is 0 Å². The van der Waals surface area contributed by atoms with Gasteiger partial charge in [0.15, 0.2) is 0 Å². The van der Waals surface area contributed by atoms with Crippen LogP contribution < -0.4 is 19.5 Å². The number of benzene rings is 3. The van der Waals surface area contributed by atoms with Gasteiger partial charge in [0.1, 0.15) is 29.4 Å². The van der Waals surface area contributed by atoms with Crippen LogP contribution in [0.15, 0.2) is 79.0 Å². The van der Waals surface area contributed by atoms with E-state index in [1.54, 1.807) is 12.1 Å². The lowest BCUT2D eigenvalue weighted by Gasteiger charge is -2.47. The number of nitrogens with one attached hydrogen (secondary N) is 1. The maximum atomic E-state index is 13.2. The number of aliphatic carboxylic acids is 1. The van der Waals surface area contributed by atoms with Crippen molar-refractivity contribution in [3.63, 3.8) is 0 Å². The predicted octanol–water partition coefficient (Wildman–Crippen LogP) is 10.1. The summed E-state index contributed by atoms with van der Waals surface area (Å²) in [5, 5.41) is 14.7. The summed E-state index contributed by atoms with van der Waals surface area (Å²) >= 11 is 6.33. The van der Waals surface area contributed by atoms with Gasteiger partial charge in [0.05, 0.1) is 19.9 Å². The van der Waals surface area contributed by atoms with E-state index in [9.17, 15) is 14.7 Å². The van der Waals surface area contributed by atoms with Gasteiger partial charge in [-0.2, -0.15) is 0 Å². The highest BCUT2D eigenvalue weighted by atomic mass is 35.5. The number of anilines is 1. The molecular weight excluding hydrogens is 852 g/mol. The van der Waals surface area contributed by atoms with Crippen LogP contribution >= 0.6 is 11.6 Å². The Kier molecular flexibility index (Phi) is 15.8. The van der Waals surface area contributed by atoms with Gasteiger partial charge in [-0.05, 0) is 165 Å². The fraction of sp³-hybridized carbons (Fsp3) is 0.537. The summed E-state index contributed by atoms with van der Waals surface area (Å²) in [6, 6.07) is 24.0. The molecule has 1 aromatic heterocycles. The minimum atomic E-state index is -1.11. The average molecular weight is 922 g/mol. The van der Waals surface area contributed by atoms with Gasteiger partial charge < -0.3 is 34.3 Å². The molecule has 4 aliphatic rings. The number of aryl methyl sites for hydroxylation is 1. The van der Waals surface area contributed by atoms with E-state index in [2.05, 4.69) is 59.4 Å². The summed E-state index contributed by atoms with van der Waals surface area (Å²) in [6.07, 6.45) is 12.3. The predicted molar refractivity (Wildman–Crippen MR) is 259 cm³/mol. The highest BCUT2D eigenvalue weighted by Crippen LogP contribution is 2.57. The number of halogens is 1. The van der Waals surface area contributed by atoms with Crippen LogP contribution in [0.4, 0.5) is 5.69 Å². The molecule has 12 heteroatoms. The molecule has 1 aliphatic heterocycles. The largest absolute Gasteiger partial charge is 0.494 e. The van der Waals surface area contributed by atoms with Crippen LogP contribution in [0.25, 0.3) is 0 Å². The smallest absolute Gasteiger partial charge is 0.329 e. The van der Waals surface area contributed by atoms with Gasteiger partial charge in [0.2, 0.25) is 5.91 Å². The molecule has 0 radical (unpaired) electrons. The Bertz CT molecular complexity index is 2270. The molecule has 3 aromatic carbocycles. The molecule has 66 heavy (non-hydrogen) atoms. The number of carbonyl (C=O) groups excluding carboxylic acids is 1. The van der Waals surface area contributed by atoms with E-state index in [1.807, 2.05) is 48.5 Å². The van der Waals surface area contributed by atoms with E-state index < -0.39 is 11.5 Å². The molecule has 3 atom stereocenters. The lowest BCUT2D eigenvalue weighted by atomic mass is 9.59. The lowest BCUT2D eigenvalue weighted by molar-refractivity contribution is -0.144. The average Bonchev–Trinajstić information content (AvgIpc) is 3.60. The van der Waals surface area contributed by atoms with Crippen molar-refractivity contribution >= 4 is 29.2 Å². The molecule has 0 bridgehead atoms. The summed E-state index contributed by atoms with van der Waals surface area (Å²) in [5.74, 6) is 2.90. The van der Waals surface area contributed by atoms with Crippen molar-refractivity contribution < 1.29 is 33.6 Å². The molecule has 1 spiro atoms. The molecular formula is C54H69ClN4O7. The number of ether oxygens (including phenoxy) is 4. The Morgan fingerprint density at radius 2 is 1.82 bits per heavy atom. The number of carboxylic acid groups (broad SMARTS) is 1. The Balaban J connectivity index is 0.881. The molecule has 8 rings (SSSR count). The van der Waals surface area contributed by atoms with Crippen LogP contribution in [0.2, 0.25) is 5.02 Å². The number of amides is 1. The van der Waals surface area contributed by atoms with Crippen molar-refractivity contribution in [1.82, 2.24) is 14.8 Å². The quantitative estimate of drug-likeness (QED) is 0.0829. The number of fused-ring (bicyclic) bond motifs is 3. The van der Waals surface area contributed by atoms with E-state index in [0.29, 0.717) is 81.3 Å². The lowest BCUT2D eigenvalue weighted by Crippen LogP contribution is -2.53. The zero-order valence-electron chi connectivity index (χ0n) is 39.2. The van der Waals surface area contributed by atoms with Gasteiger partial charge in [-0.1, -0.05) is 49.7 Å². The van der Waals surface area contributed by atoms with Crippen LogP contribution in [-0.2, 0) is 39.0 Å². The number of hydrogen-bond donors (Lipinski definition) is 2. The normalized spacial score (nSPS) is 23.1. The van der Waals surface area contributed by atoms with Crippen molar-refractivity contribution in [3.05, 3.63) is 112 Å². The molecule has 2 N–H and O–H groups in total. The second kappa shape index (κ2) is 21.9. The van der Waals surface area contributed by atoms with Gasteiger partial charge in [0.25, 0.3) is 0 Å². The topological polar surface area (TPSA) is 123 Å². The maximum absolute atomic E-state index is 13.2. The number of likely N-dealkylation sites (N-methyl/N-ethyl adjacent to an activating group) is 1. The highest BCUT2D eigenvalue weighted by molar-refractivity contribution is 6.30. The van der Waals surface area contributed by atoms with Crippen molar-refractivity contribution in [2.24, 2.45) is 11.8 Å². The highest BCUT2D eigenvalue weighted by Gasteiger charge is 2.54. The summed E-state index contributed by atoms with van der Waals surface area (Å²) in [4.78, 5) is 35.1. The molecule has 4 aromatic rings. The van der Waals surface area contributed by atoms with Gasteiger partial charge in [0, 0.05) is 67.9 Å². The summed E-state index contributed by atoms with van der Waals surface area (Å²) in [7, 11) is 1.87. The van der Waals surface area contributed by atoms with Crippen LogP contribution in [0.5, 0.6) is 17.2 Å². The summed E-state index contributed by atoms with van der Waals surface area (Å²) in [6.45, 7) is 10.2. The Morgan fingerprint density at radius 3 is 2.62 bits per heavy atom. The third kappa shape index (κ3) is 11.5. The molecule has 1 saturated carbocycles. The van der Waals surface area contributed by atoms with E-state index in [0.717, 1.165) is 100 Å². The second-order valence-electron chi connectivity index (χ2n) is 19.5. The van der Waals surface area contributed by atoms with Crippen LogP contribution in [0.3, 0.4) is 0 Å². The van der Waals surface area contributed by atoms with Crippen molar-refractivity contribution in [2.75, 3.05) is 65.2 Å². The second-order valence-corrected chi connectivity index (χ2v) is 20.0. The maximum Gasteiger partial charge on any atom is 0.329 e. The fourth-order valence-corrected chi connectivity index (χ4v) is 11.3. The Labute approximate surface area is 396 Å². The monoisotopic (exact) mass is 920 g/mol. The van der Waals surface area contributed by atoms with E-state index in [-0.39, 0.29) is 17.2 Å². The number of pyridine rings is 1. The first-order valence-electron chi connectivity index (χ1n) is 24.4. The number of nitrogens with zero attached hydrogens (tertiary/aromatic N) is 3. The van der Waals surface area contributed by atoms with Crippen molar-refractivity contribution in [3.8, 4) is 17.2 Å². The molecule has 3 aliphatic carbocycles. The third-order valence-electron chi connectivity index (χ3n) is 14.8. The molecule has 2 fully saturated rings. The zero-order chi connectivity index (χ0) is 46.1. The number of hydrogen-bond acceptors (Lipinski definition) is 9. The summed E-state index contributed by atoms with van der Waals surface area (Å²) in [5.41, 5.74) is 5.56. The number of aromatic nitrogens is 1. The molecule has 1 saturated heterocycles. The number of carbonyl (C=O) groups is 2. The standard InChI is InChI=1S/C54H69ClN4O7/c1-38(36-66-49-18-24-56-48-14-4-9-39(2)51(48)49)31-42-33-41-16-17-46(35-47(41)53(42)20-22-54(23-21-53,52(61)62)57-44-12-6-11-43(55)34-44)64-29-7-15-50(60)58(3)26-19-40-10-5-13-45(32-40)65-30-27-59-25-8-28-63-37-59/h5-6,10-13,16-18,24,32,34-35,38-39,42,57H,4,7-9,14-15,19-23,25-31,33,36-37H2,1-3H3,(H,61,62)/t38-,39-,42+,53-,54-/m1/s1. The fourth-order valence-electron chi connectivity index (χ4n) is 11.1. The van der Waals surface area contributed by atoms with Crippen LogP contribution in [-0.4, -0.2) is 97.1 Å². The van der Waals surface area contributed by atoms with Crippen LogP contribution in [0, 0.1) is 11.8 Å². The molecule has 354 valence electrons. The number of carboxylic acids is 1. The number of rotatable bonds is 20. The van der Waals surface area contributed by atoms with E-state index in [4.69, 9.17) is 30.5 Å². The first-order valence-corrected chi connectivity index (χ1v) is 24.8. The minimum Gasteiger partial charge on any atom is -0.494 e. The first-order chi connectivity index (χ1) is 32.0. The van der Waals surface area contributed by atoms with Gasteiger partial charge in [-0.25, -0.2) is 4.79 Å². The Hall–Kier alpha value is -4.84. The summed E-state index contributed by atoms with van der Waals surface area (Å²) < 4.78 is 24.6. The molecule has 2 heterocycles. The van der Waals surface area contributed by atoms with Gasteiger partial charge >= 0.3 is 5.97 Å². The van der Waals surface area contributed by atoms with Gasteiger partial charge in [-0.3, -0.25) is 14.7 Å². The Morgan fingerprint density at radius 1 is 1.00 bits per heavy atom. The zero-order valence-corrected chi connectivity index (χ0v) is 40.0. The van der Waals surface area contributed by atoms with Crippen molar-refractivity contribution in [1.29, 1.82) is 0 Å². The van der Waals surface area contributed by atoms with E-state index in [1.165, 1.54) is 22.4 Å². The molecule has 1 amide bonds. The van der Waals surface area contributed by atoms with Crippen molar-refractivity contribution in [2.45, 2.75) is 114 Å². The van der Waals surface area contributed by atoms with Crippen LogP contribution in [0.1, 0.15) is 112 Å². The molecule has 11 nitrogen and oxygen atoms in total.